The molecule has 0 aliphatic heterocycles. The molecule has 0 radical (unpaired) electrons. The second-order valence-corrected chi connectivity index (χ2v) is 9.53. The summed E-state index contributed by atoms with van der Waals surface area (Å²) in [5.41, 5.74) is 8.96. The van der Waals surface area contributed by atoms with Gasteiger partial charge in [0.25, 0.3) is 0 Å². The van der Waals surface area contributed by atoms with Crippen LogP contribution < -0.4 is 16.4 Å². The quantitative estimate of drug-likeness (QED) is 0.443. The Labute approximate surface area is 205 Å². The van der Waals surface area contributed by atoms with E-state index in [2.05, 4.69) is 25.4 Å². The highest BCUT2D eigenvalue weighted by Crippen LogP contribution is 2.34. The predicted molar refractivity (Wildman–Crippen MR) is 136 cm³/mol. The van der Waals surface area contributed by atoms with E-state index in [0.29, 0.717) is 17.3 Å². The number of fused-ring (bicyclic) bond motifs is 1. The lowest BCUT2D eigenvalue weighted by atomic mass is 9.82. The van der Waals surface area contributed by atoms with Crippen molar-refractivity contribution in [2.45, 2.75) is 63.5 Å². The van der Waals surface area contributed by atoms with E-state index in [1.54, 1.807) is 0 Å². The Kier molecular flexibility index (Phi) is 6.66. The van der Waals surface area contributed by atoms with E-state index in [1.165, 1.54) is 6.42 Å². The number of carbonyl (C=O) groups is 1. The van der Waals surface area contributed by atoms with Crippen LogP contribution in [0.2, 0.25) is 0 Å². The first-order chi connectivity index (χ1) is 17.1. The van der Waals surface area contributed by atoms with Gasteiger partial charge in [-0.15, -0.1) is 0 Å². The van der Waals surface area contributed by atoms with E-state index in [0.717, 1.165) is 56.1 Å². The zero-order valence-corrected chi connectivity index (χ0v) is 19.8. The molecule has 1 fully saturated rings. The van der Waals surface area contributed by atoms with Gasteiger partial charge in [0.1, 0.15) is 17.7 Å². The second-order valence-electron chi connectivity index (χ2n) is 9.53. The average Bonchev–Trinajstić information content (AvgIpc) is 3.42. The molecule has 1 saturated carbocycles. The van der Waals surface area contributed by atoms with E-state index < -0.39 is 6.04 Å². The molecule has 0 bridgehead atoms. The zero-order chi connectivity index (χ0) is 24.2. The highest BCUT2D eigenvalue weighted by molar-refractivity contribution is 5.85. The highest BCUT2D eigenvalue weighted by Gasteiger charge is 2.32. The van der Waals surface area contributed by atoms with Crippen LogP contribution in [0.5, 0.6) is 0 Å². The zero-order valence-electron chi connectivity index (χ0n) is 19.8. The third-order valence-electron chi connectivity index (χ3n) is 7.19. The van der Waals surface area contributed by atoms with Crippen LogP contribution in [0.25, 0.3) is 10.7 Å². The fourth-order valence-corrected chi connectivity index (χ4v) is 5.45. The van der Waals surface area contributed by atoms with Crippen molar-refractivity contribution >= 4 is 23.4 Å². The maximum absolute atomic E-state index is 13.7. The van der Waals surface area contributed by atoms with Crippen molar-refractivity contribution in [3.05, 3.63) is 71.3 Å². The number of nitrogens with two attached hydrogens (primary N) is 1. The van der Waals surface area contributed by atoms with Crippen LogP contribution in [0.4, 0.5) is 17.5 Å². The van der Waals surface area contributed by atoms with E-state index in [1.807, 2.05) is 53.4 Å². The molecule has 0 saturated heterocycles. The first kappa shape index (κ1) is 22.9. The summed E-state index contributed by atoms with van der Waals surface area (Å²) in [7, 11) is 0. The van der Waals surface area contributed by atoms with Gasteiger partial charge in [0.05, 0.1) is 12.6 Å². The number of hydrogen-bond acceptors (Lipinski definition) is 5. The van der Waals surface area contributed by atoms with Crippen LogP contribution >= 0.6 is 0 Å². The molecule has 8 nitrogen and oxygen atoms in total. The van der Waals surface area contributed by atoms with Crippen molar-refractivity contribution in [1.29, 1.82) is 0 Å². The lowest BCUT2D eigenvalue weighted by Crippen LogP contribution is -2.47. The number of hydrogen-bond donors (Lipinski definition) is 3. The lowest BCUT2D eigenvalue weighted by molar-refractivity contribution is -0.124. The maximum Gasteiger partial charge on any atom is 0.243 e. The van der Waals surface area contributed by atoms with Crippen LogP contribution in [0.1, 0.15) is 62.1 Å². The number of nitrogens with one attached hydrogen (secondary N) is 2. The molecule has 2 aromatic heterocycles. The molecule has 3 aromatic rings. The van der Waals surface area contributed by atoms with Crippen molar-refractivity contribution in [1.82, 2.24) is 19.9 Å². The van der Waals surface area contributed by atoms with Gasteiger partial charge in [0.15, 0.2) is 5.69 Å². The molecule has 5 rings (SSSR count). The SMILES string of the molecule is [C-]#[N+]c1ccc2c(c1)CCCC2NC(=O)C(Nc1cc(-n2cccc2)nc(N)n1)C1CCCCC1. The monoisotopic (exact) mass is 469 g/mol. The molecule has 2 unspecified atom stereocenters. The van der Waals surface area contributed by atoms with E-state index >= 15 is 0 Å². The highest BCUT2D eigenvalue weighted by atomic mass is 16.2. The summed E-state index contributed by atoms with van der Waals surface area (Å²) in [5, 5.41) is 6.76. The second kappa shape index (κ2) is 10.2. The smallest absolute Gasteiger partial charge is 0.243 e. The van der Waals surface area contributed by atoms with E-state index in [4.69, 9.17) is 12.3 Å². The Morgan fingerprint density at radius 3 is 2.66 bits per heavy atom. The molecule has 180 valence electrons. The molecule has 35 heavy (non-hydrogen) atoms. The summed E-state index contributed by atoms with van der Waals surface area (Å²) in [5.74, 6) is 1.59. The summed E-state index contributed by atoms with van der Waals surface area (Å²) in [6, 6.07) is 11.0. The van der Waals surface area contributed by atoms with Crippen molar-refractivity contribution in [2.75, 3.05) is 11.1 Å². The molecule has 0 spiro atoms. The molecule has 2 atom stereocenters. The van der Waals surface area contributed by atoms with Crippen LogP contribution in [-0.4, -0.2) is 26.5 Å². The Hall–Kier alpha value is -3.86. The first-order valence-electron chi connectivity index (χ1n) is 12.5. The van der Waals surface area contributed by atoms with Crippen LogP contribution in [0.15, 0.2) is 48.8 Å². The van der Waals surface area contributed by atoms with E-state index in [9.17, 15) is 4.79 Å². The molecule has 2 aliphatic rings. The fourth-order valence-electron chi connectivity index (χ4n) is 5.45. The van der Waals surface area contributed by atoms with Crippen molar-refractivity contribution in [3.63, 3.8) is 0 Å². The number of benzene rings is 1. The molecule has 4 N–H and O–H groups in total. The largest absolute Gasteiger partial charge is 0.368 e. The number of rotatable bonds is 6. The van der Waals surface area contributed by atoms with Gasteiger partial charge in [-0.2, -0.15) is 9.97 Å². The summed E-state index contributed by atoms with van der Waals surface area (Å²) in [6.07, 6.45) is 12.1. The van der Waals surface area contributed by atoms with Gasteiger partial charge in [-0.3, -0.25) is 4.79 Å². The minimum absolute atomic E-state index is 0.0105. The topological polar surface area (TPSA) is 102 Å². The van der Waals surface area contributed by atoms with E-state index in [-0.39, 0.29) is 23.8 Å². The first-order valence-corrected chi connectivity index (χ1v) is 12.5. The maximum atomic E-state index is 13.7. The van der Waals surface area contributed by atoms with Crippen molar-refractivity contribution < 1.29 is 4.79 Å². The molecular formula is C27H31N7O. The number of nitrogen functional groups attached to an aromatic ring is 1. The molecule has 2 aliphatic carbocycles. The molecule has 8 heteroatoms. The number of nitrogens with zero attached hydrogens (tertiary/aromatic N) is 4. The molecule has 2 heterocycles. The van der Waals surface area contributed by atoms with Gasteiger partial charge in [-0.1, -0.05) is 43.0 Å². The lowest BCUT2D eigenvalue weighted by Gasteiger charge is -2.33. The number of amides is 1. The van der Waals surface area contributed by atoms with Crippen molar-refractivity contribution in [3.8, 4) is 5.82 Å². The van der Waals surface area contributed by atoms with Crippen LogP contribution in [0, 0.1) is 12.5 Å². The van der Waals surface area contributed by atoms with Gasteiger partial charge in [0, 0.05) is 18.5 Å². The minimum atomic E-state index is -0.407. The predicted octanol–water partition coefficient (Wildman–Crippen LogP) is 4.95. The number of anilines is 2. The number of carbonyl (C=O) groups excluding carboxylic acids is 1. The average molecular weight is 470 g/mol. The van der Waals surface area contributed by atoms with Gasteiger partial charge in [0.2, 0.25) is 11.9 Å². The Balaban J connectivity index is 1.39. The van der Waals surface area contributed by atoms with Gasteiger partial charge >= 0.3 is 0 Å². The van der Waals surface area contributed by atoms with Gasteiger partial charge < -0.3 is 20.9 Å². The summed E-state index contributed by atoms with van der Waals surface area (Å²) < 4.78 is 1.87. The Bertz CT molecular complexity index is 1220. The van der Waals surface area contributed by atoms with Crippen molar-refractivity contribution in [2.24, 2.45) is 5.92 Å². The molecular weight excluding hydrogens is 438 g/mol. The fraction of sp³-hybridized carbons (Fsp3) is 0.407. The third-order valence-corrected chi connectivity index (χ3v) is 7.19. The molecule has 1 aromatic carbocycles. The summed E-state index contributed by atoms with van der Waals surface area (Å²) in [6.45, 7) is 7.30. The minimum Gasteiger partial charge on any atom is -0.368 e. The van der Waals surface area contributed by atoms with Crippen LogP contribution in [-0.2, 0) is 11.2 Å². The van der Waals surface area contributed by atoms with Crippen LogP contribution in [0.3, 0.4) is 0 Å². The third kappa shape index (κ3) is 5.14. The molecule has 1 amide bonds. The van der Waals surface area contributed by atoms with Gasteiger partial charge in [-0.05, 0) is 55.7 Å². The Morgan fingerprint density at radius 2 is 1.89 bits per heavy atom. The summed E-state index contributed by atoms with van der Waals surface area (Å²) >= 11 is 0. The number of aryl methyl sites for hydroxylation is 1. The number of aromatic nitrogens is 3. The standard InChI is InChI=1S/C27H31N7O/c1-29-20-12-13-21-19(16-20)10-7-11-22(21)30-26(35)25(18-8-3-2-4-9-18)31-23-17-24(33-27(28)32-23)34-14-5-6-15-34/h5-6,12-18,22,25H,2-4,7-11H2,(H,30,35)(H3,28,31,32,33). The van der Waals surface area contributed by atoms with Gasteiger partial charge in [-0.25, -0.2) is 4.85 Å². The Morgan fingerprint density at radius 1 is 1.09 bits per heavy atom. The normalized spacial score (nSPS) is 18.8. The summed E-state index contributed by atoms with van der Waals surface area (Å²) in [4.78, 5) is 26.0.